The molecule has 0 radical (unpaired) electrons. The van der Waals surface area contributed by atoms with Gasteiger partial charge in [0.1, 0.15) is 5.82 Å². The van der Waals surface area contributed by atoms with Crippen molar-refractivity contribution in [3.63, 3.8) is 0 Å². The zero-order valence-corrected chi connectivity index (χ0v) is 14.2. The second-order valence-electron chi connectivity index (χ2n) is 6.13. The molecule has 1 aliphatic heterocycles. The van der Waals surface area contributed by atoms with E-state index in [1.807, 2.05) is 0 Å². The van der Waals surface area contributed by atoms with Crippen molar-refractivity contribution in [2.45, 2.75) is 13.3 Å². The molecule has 0 saturated carbocycles. The molecule has 7 heteroatoms. The van der Waals surface area contributed by atoms with Crippen LogP contribution in [-0.4, -0.2) is 24.3 Å². The molecular weight excluding hydrogens is 337 g/mol. The van der Waals surface area contributed by atoms with E-state index in [0.29, 0.717) is 17.1 Å². The lowest BCUT2D eigenvalue weighted by molar-refractivity contribution is -0.122. The molecule has 3 rings (SSSR count). The first kappa shape index (κ1) is 17.6. The van der Waals surface area contributed by atoms with Crippen LogP contribution in [0, 0.1) is 11.7 Å². The van der Waals surface area contributed by atoms with Crippen LogP contribution in [0.15, 0.2) is 48.5 Å². The average molecular weight is 355 g/mol. The van der Waals surface area contributed by atoms with Crippen LogP contribution in [0.3, 0.4) is 0 Å². The number of rotatable bonds is 4. The highest BCUT2D eigenvalue weighted by molar-refractivity contribution is 6.04. The standard InChI is InChI=1S/C19H18FN3O3/c1-12(24)21-16-3-2-4-17(10-16)23-11-13(9-18(23)25)19(26)22-15-7-5-14(20)6-8-15/h2-8,10,13H,9,11H2,1H3,(H,21,24)(H,22,26)/t13-/m0/s1. The van der Waals surface area contributed by atoms with Crippen molar-refractivity contribution in [1.82, 2.24) is 0 Å². The van der Waals surface area contributed by atoms with Crippen LogP contribution in [0.5, 0.6) is 0 Å². The molecule has 0 aliphatic carbocycles. The number of halogens is 1. The minimum atomic E-state index is -0.503. The quantitative estimate of drug-likeness (QED) is 0.885. The van der Waals surface area contributed by atoms with Gasteiger partial charge in [-0.3, -0.25) is 14.4 Å². The third kappa shape index (κ3) is 4.05. The molecule has 3 amide bonds. The summed E-state index contributed by atoms with van der Waals surface area (Å²) in [6.45, 7) is 1.65. The van der Waals surface area contributed by atoms with Gasteiger partial charge in [-0.25, -0.2) is 4.39 Å². The minimum Gasteiger partial charge on any atom is -0.326 e. The number of hydrogen-bond acceptors (Lipinski definition) is 3. The molecule has 0 bridgehead atoms. The van der Waals surface area contributed by atoms with E-state index in [1.54, 1.807) is 24.3 Å². The van der Waals surface area contributed by atoms with Gasteiger partial charge in [0, 0.05) is 37.0 Å². The second kappa shape index (κ2) is 7.35. The molecule has 0 unspecified atom stereocenters. The van der Waals surface area contributed by atoms with Gasteiger partial charge in [0.15, 0.2) is 0 Å². The van der Waals surface area contributed by atoms with Gasteiger partial charge in [0.05, 0.1) is 5.92 Å². The number of benzene rings is 2. The van der Waals surface area contributed by atoms with Crippen LogP contribution < -0.4 is 15.5 Å². The summed E-state index contributed by atoms with van der Waals surface area (Å²) < 4.78 is 12.9. The summed E-state index contributed by atoms with van der Waals surface area (Å²) in [5, 5.41) is 5.37. The zero-order chi connectivity index (χ0) is 18.7. The monoisotopic (exact) mass is 355 g/mol. The van der Waals surface area contributed by atoms with Crippen molar-refractivity contribution in [2.24, 2.45) is 5.92 Å². The van der Waals surface area contributed by atoms with E-state index >= 15 is 0 Å². The van der Waals surface area contributed by atoms with Crippen molar-refractivity contribution in [3.8, 4) is 0 Å². The van der Waals surface area contributed by atoms with Crippen LogP contribution in [-0.2, 0) is 14.4 Å². The predicted octanol–water partition coefficient (Wildman–Crippen LogP) is 2.78. The number of hydrogen-bond donors (Lipinski definition) is 2. The number of nitrogens with one attached hydrogen (secondary N) is 2. The largest absolute Gasteiger partial charge is 0.326 e. The van der Waals surface area contributed by atoms with E-state index in [0.717, 1.165) is 0 Å². The molecule has 6 nitrogen and oxygen atoms in total. The van der Waals surface area contributed by atoms with Crippen LogP contribution in [0.25, 0.3) is 0 Å². The molecule has 1 aliphatic rings. The van der Waals surface area contributed by atoms with Crippen LogP contribution >= 0.6 is 0 Å². The Morgan fingerprint density at radius 1 is 1.08 bits per heavy atom. The summed E-state index contributed by atoms with van der Waals surface area (Å²) in [7, 11) is 0. The topological polar surface area (TPSA) is 78.5 Å². The molecular formula is C19H18FN3O3. The summed E-state index contributed by atoms with van der Waals surface area (Å²) in [4.78, 5) is 37.4. The van der Waals surface area contributed by atoms with Crippen molar-refractivity contribution in [1.29, 1.82) is 0 Å². The lowest BCUT2D eigenvalue weighted by Crippen LogP contribution is -2.28. The molecule has 1 fully saturated rings. The fraction of sp³-hybridized carbons (Fsp3) is 0.211. The Morgan fingerprint density at radius 2 is 1.81 bits per heavy atom. The molecule has 2 aromatic rings. The van der Waals surface area contributed by atoms with E-state index in [2.05, 4.69) is 10.6 Å². The van der Waals surface area contributed by atoms with Gasteiger partial charge in [-0.2, -0.15) is 0 Å². The van der Waals surface area contributed by atoms with Crippen LogP contribution in [0.2, 0.25) is 0 Å². The Kier molecular flexibility index (Phi) is 4.97. The molecule has 26 heavy (non-hydrogen) atoms. The molecule has 134 valence electrons. The SMILES string of the molecule is CC(=O)Nc1cccc(N2C[C@@H](C(=O)Nc3ccc(F)cc3)CC2=O)c1. The van der Waals surface area contributed by atoms with Crippen molar-refractivity contribution in [2.75, 3.05) is 22.1 Å². The first-order chi connectivity index (χ1) is 12.4. The molecule has 1 saturated heterocycles. The summed E-state index contributed by atoms with van der Waals surface area (Å²) in [5.41, 5.74) is 1.69. The first-order valence-electron chi connectivity index (χ1n) is 8.17. The molecule has 0 spiro atoms. The van der Waals surface area contributed by atoms with Gasteiger partial charge in [-0.05, 0) is 42.5 Å². The van der Waals surface area contributed by atoms with E-state index in [-0.39, 0.29) is 36.5 Å². The maximum atomic E-state index is 12.9. The number of carbonyl (C=O) groups is 3. The number of amides is 3. The Bertz CT molecular complexity index is 851. The Hall–Kier alpha value is -3.22. The van der Waals surface area contributed by atoms with E-state index in [9.17, 15) is 18.8 Å². The lowest BCUT2D eigenvalue weighted by Gasteiger charge is -2.18. The maximum absolute atomic E-state index is 12.9. The zero-order valence-electron chi connectivity index (χ0n) is 14.2. The predicted molar refractivity (Wildman–Crippen MR) is 96.2 cm³/mol. The first-order valence-corrected chi connectivity index (χ1v) is 8.17. The molecule has 2 aromatic carbocycles. The Morgan fingerprint density at radius 3 is 2.50 bits per heavy atom. The summed E-state index contributed by atoms with van der Waals surface area (Å²) in [6.07, 6.45) is 0.0946. The Labute approximate surface area is 150 Å². The van der Waals surface area contributed by atoms with Crippen LogP contribution in [0.1, 0.15) is 13.3 Å². The normalized spacial score (nSPS) is 16.5. The van der Waals surface area contributed by atoms with Crippen molar-refractivity contribution >= 4 is 34.8 Å². The number of nitrogens with zero attached hydrogens (tertiary/aromatic N) is 1. The van der Waals surface area contributed by atoms with Crippen molar-refractivity contribution in [3.05, 3.63) is 54.3 Å². The fourth-order valence-corrected chi connectivity index (χ4v) is 2.87. The van der Waals surface area contributed by atoms with E-state index < -0.39 is 5.92 Å². The number of anilines is 3. The summed E-state index contributed by atoms with van der Waals surface area (Å²) >= 11 is 0. The molecule has 1 atom stereocenters. The lowest BCUT2D eigenvalue weighted by atomic mass is 10.1. The smallest absolute Gasteiger partial charge is 0.229 e. The molecule has 1 heterocycles. The number of carbonyl (C=O) groups excluding carboxylic acids is 3. The van der Waals surface area contributed by atoms with E-state index in [1.165, 1.54) is 36.1 Å². The maximum Gasteiger partial charge on any atom is 0.229 e. The van der Waals surface area contributed by atoms with Crippen LogP contribution in [0.4, 0.5) is 21.5 Å². The highest BCUT2D eigenvalue weighted by Gasteiger charge is 2.35. The minimum absolute atomic E-state index is 0.0946. The molecule has 0 aromatic heterocycles. The summed E-state index contributed by atoms with van der Waals surface area (Å²) in [5.74, 6) is -1.54. The highest BCUT2D eigenvalue weighted by atomic mass is 19.1. The second-order valence-corrected chi connectivity index (χ2v) is 6.13. The van der Waals surface area contributed by atoms with Gasteiger partial charge in [-0.15, -0.1) is 0 Å². The average Bonchev–Trinajstić information content (AvgIpc) is 2.98. The van der Waals surface area contributed by atoms with E-state index in [4.69, 9.17) is 0 Å². The highest BCUT2D eigenvalue weighted by Crippen LogP contribution is 2.28. The fourth-order valence-electron chi connectivity index (χ4n) is 2.87. The summed E-state index contributed by atoms with van der Waals surface area (Å²) in [6, 6.07) is 12.4. The Balaban J connectivity index is 1.69. The van der Waals surface area contributed by atoms with Gasteiger partial charge < -0.3 is 15.5 Å². The van der Waals surface area contributed by atoms with Crippen molar-refractivity contribution < 1.29 is 18.8 Å². The van der Waals surface area contributed by atoms with Gasteiger partial charge in [0.25, 0.3) is 0 Å². The van der Waals surface area contributed by atoms with Gasteiger partial charge in [0.2, 0.25) is 17.7 Å². The van der Waals surface area contributed by atoms with Gasteiger partial charge in [-0.1, -0.05) is 6.07 Å². The molecule has 2 N–H and O–H groups in total. The van der Waals surface area contributed by atoms with Gasteiger partial charge >= 0.3 is 0 Å². The third-order valence-electron chi connectivity index (χ3n) is 4.09. The third-order valence-corrected chi connectivity index (χ3v) is 4.09.